The molecule has 0 spiro atoms. The molecule has 1 aliphatic heterocycles. The highest BCUT2D eigenvalue weighted by Gasteiger charge is 2.32. The van der Waals surface area contributed by atoms with E-state index in [1.165, 1.54) is 25.8 Å². The third-order valence-electron chi connectivity index (χ3n) is 5.10. The molecule has 2 fully saturated rings. The van der Waals surface area contributed by atoms with Gasteiger partial charge in [0.2, 0.25) is 0 Å². The van der Waals surface area contributed by atoms with Gasteiger partial charge in [0.25, 0.3) is 0 Å². The van der Waals surface area contributed by atoms with E-state index < -0.39 is 5.60 Å². The number of amides is 1. The average molecular weight is 343 g/mol. The number of hydrogen-bond donors (Lipinski definition) is 0. The summed E-state index contributed by atoms with van der Waals surface area (Å²) >= 11 is 2.03. The molecule has 2 rings (SSSR count). The summed E-state index contributed by atoms with van der Waals surface area (Å²) in [4.78, 5) is 16.6. The second-order valence-corrected chi connectivity index (χ2v) is 9.20. The van der Waals surface area contributed by atoms with Crippen molar-refractivity contribution in [1.29, 1.82) is 0 Å². The number of ether oxygens (including phenoxy) is 1. The number of thioether (sulfide) groups is 1. The molecule has 1 amide bonds. The number of piperidine rings is 1. The van der Waals surface area contributed by atoms with Gasteiger partial charge in [-0.1, -0.05) is 6.42 Å². The molecule has 1 aliphatic carbocycles. The minimum absolute atomic E-state index is 0.150. The molecule has 0 aromatic heterocycles. The lowest BCUT2D eigenvalue weighted by Crippen LogP contribution is -2.45. The van der Waals surface area contributed by atoms with Gasteiger partial charge in [-0.15, -0.1) is 0 Å². The van der Waals surface area contributed by atoms with E-state index in [4.69, 9.17) is 4.74 Å². The van der Waals surface area contributed by atoms with E-state index in [1.807, 2.05) is 37.4 Å². The Morgan fingerprint density at radius 1 is 1.22 bits per heavy atom. The largest absolute Gasteiger partial charge is 0.444 e. The van der Waals surface area contributed by atoms with E-state index >= 15 is 0 Å². The summed E-state index contributed by atoms with van der Waals surface area (Å²) in [5, 5.41) is 0.807. The molecule has 2 atom stereocenters. The van der Waals surface area contributed by atoms with Crippen LogP contribution in [0, 0.1) is 5.92 Å². The highest BCUT2D eigenvalue weighted by molar-refractivity contribution is 7.99. The van der Waals surface area contributed by atoms with Crippen LogP contribution >= 0.6 is 11.8 Å². The molecule has 134 valence electrons. The van der Waals surface area contributed by atoms with Crippen LogP contribution in [0.15, 0.2) is 0 Å². The number of carbonyl (C=O) groups is 1. The van der Waals surface area contributed by atoms with Crippen LogP contribution in [0.1, 0.15) is 52.9 Å². The first-order chi connectivity index (χ1) is 10.8. The van der Waals surface area contributed by atoms with Crippen LogP contribution in [0.25, 0.3) is 0 Å². The van der Waals surface area contributed by atoms with Gasteiger partial charge in [0.05, 0.1) is 0 Å². The first kappa shape index (κ1) is 18.9. The summed E-state index contributed by atoms with van der Waals surface area (Å²) in [6, 6.07) is 0.744. The van der Waals surface area contributed by atoms with E-state index in [0.717, 1.165) is 37.2 Å². The van der Waals surface area contributed by atoms with Crippen LogP contribution in [0.3, 0.4) is 0 Å². The maximum absolute atomic E-state index is 12.1. The fourth-order valence-corrected chi connectivity index (χ4v) is 4.91. The lowest BCUT2D eigenvalue weighted by atomic mass is 9.96. The Balaban J connectivity index is 1.75. The summed E-state index contributed by atoms with van der Waals surface area (Å²) in [5.74, 6) is 0.710. The lowest BCUT2D eigenvalue weighted by Gasteiger charge is -2.37. The number of nitrogens with zero attached hydrogens (tertiary/aromatic N) is 2. The summed E-state index contributed by atoms with van der Waals surface area (Å²) in [5.41, 5.74) is -0.399. The summed E-state index contributed by atoms with van der Waals surface area (Å²) in [6.45, 7) is 8.63. The third-order valence-corrected chi connectivity index (χ3v) is 6.25. The zero-order valence-corrected chi connectivity index (χ0v) is 16.3. The molecule has 0 radical (unpaired) electrons. The van der Waals surface area contributed by atoms with Gasteiger partial charge in [0.1, 0.15) is 5.60 Å². The topological polar surface area (TPSA) is 32.8 Å². The van der Waals surface area contributed by atoms with Gasteiger partial charge in [-0.3, -0.25) is 0 Å². The minimum atomic E-state index is -0.399. The number of carbonyl (C=O) groups excluding carboxylic acids is 1. The van der Waals surface area contributed by atoms with E-state index in [2.05, 4.69) is 18.2 Å². The standard InChI is InChI=1S/C18H34N2O2S/c1-18(2,3)22-17(21)20-11-9-14(10-12-20)13-19(4)15-7-6-8-16(15)23-5/h14-16H,6-13H2,1-5H3/t15-,16+/m1/s1. The van der Waals surface area contributed by atoms with Crippen molar-refractivity contribution in [1.82, 2.24) is 9.80 Å². The van der Waals surface area contributed by atoms with Gasteiger partial charge >= 0.3 is 6.09 Å². The van der Waals surface area contributed by atoms with Crippen molar-refractivity contribution in [3.63, 3.8) is 0 Å². The molecule has 0 unspecified atom stereocenters. The van der Waals surface area contributed by atoms with E-state index in [0.29, 0.717) is 5.92 Å². The van der Waals surface area contributed by atoms with Crippen molar-refractivity contribution >= 4 is 17.9 Å². The van der Waals surface area contributed by atoms with Gasteiger partial charge < -0.3 is 14.5 Å². The maximum Gasteiger partial charge on any atom is 0.410 e. The Labute approximate surface area is 146 Å². The van der Waals surface area contributed by atoms with Crippen LogP contribution in [0.2, 0.25) is 0 Å². The molecule has 5 heteroatoms. The molecule has 1 saturated carbocycles. The van der Waals surface area contributed by atoms with Crippen LogP contribution in [0.5, 0.6) is 0 Å². The fraction of sp³-hybridized carbons (Fsp3) is 0.944. The molecular formula is C18H34N2O2S. The Bertz CT molecular complexity index is 389. The first-order valence-corrected chi connectivity index (χ1v) is 10.3. The second kappa shape index (κ2) is 8.11. The number of likely N-dealkylation sites (tertiary alicyclic amines) is 1. The molecular weight excluding hydrogens is 308 g/mol. The van der Waals surface area contributed by atoms with E-state index in [9.17, 15) is 4.79 Å². The molecule has 1 heterocycles. The maximum atomic E-state index is 12.1. The van der Waals surface area contributed by atoms with Crippen molar-refractivity contribution < 1.29 is 9.53 Å². The van der Waals surface area contributed by atoms with Crippen molar-refractivity contribution in [2.45, 2.75) is 69.8 Å². The SMILES string of the molecule is CS[C@H]1CCC[C@H]1N(C)CC1CCN(C(=O)OC(C)(C)C)CC1. The van der Waals surface area contributed by atoms with Crippen LogP contribution in [-0.4, -0.2) is 65.7 Å². The lowest BCUT2D eigenvalue weighted by molar-refractivity contribution is 0.0168. The number of rotatable bonds is 4. The van der Waals surface area contributed by atoms with Gasteiger partial charge in [0, 0.05) is 30.9 Å². The highest BCUT2D eigenvalue weighted by Crippen LogP contribution is 2.32. The zero-order chi connectivity index (χ0) is 17.0. The summed E-state index contributed by atoms with van der Waals surface area (Å²) in [6.07, 6.45) is 8.38. The van der Waals surface area contributed by atoms with Crippen molar-refractivity contribution in [3.05, 3.63) is 0 Å². The fourth-order valence-electron chi connectivity index (χ4n) is 3.85. The molecule has 1 saturated heterocycles. The quantitative estimate of drug-likeness (QED) is 0.777. The van der Waals surface area contributed by atoms with Crippen LogP contribution in [0.4, 0.5) is 4.79 Å². The van der Waals surface area contributed by atoms with Crippen molar-refractivity contribution in [2.75, 3.05) is 32.9 Å². The predicted molar refractivity (Wildman–Crippen MR) is 98.1 cm³/mol. The van der Waals surface area contributed by atoms with E-state index in [-0.39, 0.29) is 6.09 Å². The monoisotopic (exact) mass is 342 g/mol. The average Bonchev–Trinajstić information content (AvgIpc) is 2.94. The zero-order valence-electron chi connectivity index (χ0n) is 15.5. The minimum Gasteiger partial charge on any atom is -0.444 e. The van der Waals surface area contributed by atoms with Crippen molar-refractivity contribution in [2.24, 2.45) is 5.92 Å². The Morgan fingerprint density at radius 2 is 1.87 bits per heavy atom. The van der Waals surface area contributed by atoms with Gasteiger partial charge in [-0.05, 0) is 65.7 Å². The van der Waals surface area contributed by atoms with Crippen molar-refractivity contribution in [3.8, 4) is 0 Å². The molecule has 4 nitrogen and oxygen atoms in total. The second-order valence-electron chi connectivity index (χ2n) is 8.12. The van der Waals surface area contributed by atoms with Crippen LogP contribution in [-0.2, 0) is 4.74 Å². The Hall–Kier alpha value is -0.420. The summed E-state index contributed by atoms with van der Waals surface area (Å²) in [7, 11) is 2.29. The molecule has 23 heavy (non-hydrogen) atoms. The smallest absolute Gasteiger partial charge is 0.410 e. The molecule has 2 aliphatic rings. The normalized spacial score (nSPS) is 26.8. The Morgan fingerprint density at radius 3 is 2.43 bits per heavy atom. The van der Waals surface area contributed by atoms with Gasteiger partial charge in [0.15, 0.2) is 0 Å². The molecule has 0 aromatic carbocycles. The summed E-state index contributed by atoms with van der Waals surface area (Å²) < 4.78 is 5.48. The molecule has 0 bridgehead atoms. The molecule has 0 aromatic rings. The number of hydrogen-bond acceptors (Lipinski definition) is 4. The first-order valence-electron chi connectivity index (χ1n) is 9.01. The highest BCUT2D eigenvalue weighted by atomic mass is 32.2. The van der Waals surface area contributed by atoms with E-state index in [1.54, 1.807) is 0 Å². The molecule has 0 N–H and O–H groups in total. The van der Waals surface area contributed by atoms with Crippen LogP contribution < -0.4 is 0 Å². The third kappa shape index (κ3) is 5.56. The van der Waals surface area contributed by atoms with Gasteiger partial charge in [-0.25, -0.2) is 4.79 Å². The Kier molecular flexibility index (Phi) is 6.66. The van der Waals surface area contributed by atoms with Gasteiger partial charge in [-0.2, -0.15) is 11.8 Å². The predicted octanol–water partition coefficient (Wildman–Crippen LogP) is 3.85.